The van der Waals surface area contributed by atoms with Crippen molar-refractivity contribution in [3.63, 3.8) is 0 Å². The SMILES string of the molecule is CC.CNC(=O)c1c(N(C=O)Cc2ccc(OC)cc2OC)nc(OC)n1-c1ccc(F)cc1. The summed E-state index contributed by atoms with van der Waals surface area (Å²) in [6.45, 7) is 4.06. The van der Waals surface area contributed by atoms with Gasteiger partial charge in [0, 0.05) is 18.7 Å². The zero-order valence-electron chi connectivity index (χ0n) is 20.1. The first-order valence-corrected chi connectivity index (χ1v) is 10.5. The molecule has 182 valence electrons. The quantitative estimate of drug-likeness (QED) is 0.479. The number of aromatic nitrogens is 2. The second kappa shape index (κ2) is 12.2. The van der Waals surface area contributed by atoms with Gasteiger partial charge < -0.3 is 19.5 Å². The van der Waals surface area contributed by atoms with Gasteiger partial charge in [-0.3, -0.25) is 19.1 Å². The normalized spacial score (nSPS) is 9.97. The van der Waals surface area contributed by atoms with E-state index in [0.29, 0.717) is 29.2 Å². The fourth-order valence-corrected chi connectivity index (χ4v) is 3.21. The number of amides is 2. The van der Waals surface area contributed by atoms with Gasteiger partial charge in [-0.15, -0.1) is 0 Å². The van der Waals surface area contributed by atoms with E-state index in [1.54, 1.807) is 18.2 Å². The number of hydrogen-bond donors (Lipinski definition) is 1. The van der Waals surface area contributed by atoms with E-state index in [-0.39, 0.29) is 24.1 Å². The Morgan fingerprint density at radius 1 is 1.09 bits per heavy atom. The Morgan fingerprint density at radius 2 is 1.76 bits per heavy atom. The van der Waals surface area contributed by atoms with Crippen LogP contribution in [0.4, 0.5) is 10.2 Å². The molecule has 2 amide bonds. The maximum Gasteiger partial charge on any atom is 0.303 e. The average molecular weight is 473 g/mol. The van der Waals surface area contributed by atoms with Crippen LogP contribution in [-0.2, 0) is 11.3 Å². The zero-order chi connectivity index (χ0) is 25.3. The summed E-state index contributed by atoms with van der Waals surface area (Å²) in [6.07, 6.45) is 0.562. The maximum atomic E-state index is 13.5. The highest BCUT2D eigenvalue weighted by atomic mass is 19.1. The molecule has 10 heteroatoms. The van der Waals surface area contributed by atoms with E-state index in [4.69, 9.17) is 14.2 Å². The highest BCUT2D eigenvalue weighted by Crippen LogP contribution is 2.32. The molecule has 0 atom stereocenters. The van der Waals surface area contributed by atoms with Gasteiger partial charge in [-0.2, -0.15) is 4.98 Å². The first-order chi connectivity index (χ1) is 16.5. The van der Waals surface area contributed by atoms with Crippen LogP contribution in [0.5, 0.6) is 17.5 Å². The zero-order valence-corrected chi connectivity index (χ0v) is 20.1. The summed E-state index contributed by atoms with van der Waals surface area (Å²) < 4.78 is 30.8. The highest BCUT2D eigenvalue weighted by Gasteiger charge is 2.28. The number of ether oxygens (including phenoxy) is 3. The van der Waals surface area contributed by atoms with E-state index < -0.39 is 11.7 Å². The average Bonchev–Trinajstić information content (AvgIpc) is 3.27. The molecule has 0 saturated carbocycles. The minimum Gasteiger partial charge on any atom is -0.497 e. The standard InChI is InChI=1S/C22H23FN4O5.C2H6/c1-24-21(29)19-20(25-22(32-4)27(19)16-8-6-15(23)7-9-16)26(13-28)12-14-5-10-17(30-2)11-18(14)31-3;1-2/h5-11,13H,12H2,1-4H3,(H,24,29);1-2H3. The van der Waals surface area contributed by atoms with E-state index in [9.17, 15) is 14.0 Å². The molecule has 1 aromatic heterocycles. The Labute approximate surface area is 198 Å². The predicted molar refractivity (Wildman–Crippen MR) is 127 cm³/mol. The minimum atomic E-state index is -0.506. The van der Waals surface area contributed by atoms with Gasteiger partial charge in [-0.1, -0.05) is 13.8 Å². The van der Waals surface area contributed by atoms with Crippen molar-refractivity contribution in [1.82, 2.24) is 14.9 Å². The van der Waals surface area contributed by atoms with Crippen LogP contribution in [0, 0.1) is 5.82 Å². The van der Waals surface area contributed by atoms with Crippen molar-refractivity contribution in [3.8, 4) is 23.2 Å². The van der Waals surface area contributed by atoms with Gasteiger partial charge in [0.25, 0.3) is 5.91 Å². The number of nitrogens with zero attached hydrogens (tertiary/aromatic N) is 3. The van der Waals surface area contributed by atoms with Gasteiger partial charge in [0.2, 0.25) is 6.41 Å². The first-order valence-electron chi connectivity index (χ1n) is 10.5. The molecule has 0 aliphatic heterocycles. The molecule has 0 bridgehead atoms. The van der Waals surface area contributed by atoms with E-state index in [1.807, 2.05) is 13.8 Å². The molecule has 34 heavy (non-hydrogen) atoms. The molecule has 3 aromatic rings. The van der Waals surface area contributed by atoms with Crippen LogP contribution in [0.1, 0.15) is 29.9 Å². The lowest BCUT2D eigenvalue weighted by atomic mass is 10.1. The summed E-state index contributed by atoms with van der Waals surface area (Å²) in [5, 5.41) is 2.55. The van der Waals surface area contributed by atoms with Gasteiger partial charge in [0.05, 0.1) is 33.6 Å². The number of nitrogens with one attached hydrogen (secondary N) is 1. The van der Waals surface area contributed by atoms with Crippen molar-refractivity contribution in [1.29, 1.82) is 0 Å². The van der Waals surface area contributed by atoms with Crippen molar-refractivity contribution in [3.05, 3.63) is 59.5 Å². The van der Waals surface area contributed by atoms with Crippen molar-refractivity contribution in [2.24, 2.45) is 0 Å². The van der Waals surface area contributed by atoms with E-state index in [1.165, 1.54) is 62.1 Å². The lowest BCUT2D eigenvalue weighted by Crippen LogP contribution is -2.28. The number of anilines is 1. The Kier molecular flexibility index (Phi) is 9.42. The van der Waals surface area contributed by atoms with Crippen LogP contribution in [-0.4, -0.2) is 50.2 Å². The van der Waals surface area contributed by atoms with Crippen LogP contribution >= 0.6 is 0 Å². The molecular weight excluding hydrogens is 443 g/mol. The Morgan fingerprint density at radius 3 is 2.29 bits per heavy atom. The number of methoxy groups -OCH3 is 3. The van der Waals surface area contributed by atoms with Crippen LogP contribution in [0.2, 0.25) is 0 Å². The lowest BCUT2D eigenvalue weighted by Gasteiger charge is -2.19. The number of halogens is 1. The molecule has 9 nitrogen and oxygen atoms in total. The molecule has 0 saturated heterocycles. The van der Waals surface area contributed by atoms with Crippen LogP contribution < -0.4 is 24.4 Å². The summed E-state index contributed by atoms with van der Waals surface area (Å²) >= 11 is 0. The smallest absolute Gasteiger partial charge is 0.303 e. The lowest BCUT2D eigenvalue weighted by molar-refractivity contribution is -0.107. The Balaban J connectivity index is 0.00000199. The molecule has 0 unspecified atom stereocenters. The molecule has 0 aliphatic carbocycles. The third-order valence-electron chi connectivity index (χ3n) is 4.77. The summed E-state index contributed by atoms with van der Waals surface area (Å²) in [6, 6.07) is 10.7. The van der Waals surface area contributed by atoms with E-state index >= 15 is 0 Å². The molecule has 0 aliphatic rings. The second-order valence-electron chi connectivity index (χ2n) is 6.57. The third kappa shape index (κ3) is 5.45. The van der Waals surface area contributed by atoms with Crippen molar-refractivity contribution < 1.29 is 28.2 Å². The first kappa shape index (κ1) is 26.2. The van der Waals surface area contributed by atoms with Crippen LogP contribution in [0.15, 0.2) is 42.5 Å². The number of imidazole rings is 1. The Hall–Kier alpha value is -4.08. The van der Waals surface area contributed by atoms with Crippen molar-refractivity contribution in [2.45, 2.75) is 20.4 Å². The molecule has 0 radical (unpaired) electrons. The monoisotopic (exact) mass is 472 g/mol. The van der Waals surface area contributed by atoms with Gasteiger partial charge in [0.15, 0.2) is 11.5 Å². The molecule has 1 N–H and O–H groups in total. The highest BCUT2D eigenvalue weighted by molar-refractivity contribution is 6.00. The largest absolute Gasteiger partial charge is 0.497 e. The molecule has 0 fully saturated rings. The Bertz CT molecular complexity index is 1120. The van der Waals surface area contributed by atoms with E-state index in [2.05, 4.69) is 10.3 Å². The summed E-state index contributed by atoms with van der Waals surface area (Å²) in [7, 11) is 5.89. The third-order valence-corrected chi connectivity index (χ3v) is 4.77. The van der Waals surface area contributed by atoms with Gasteiger partial charge in [-0.25, -0.2) is 4.39 Å². The number of carbonyl (C=O) groups excluding carboxylic acids is 2. The second-order valence-corrected chi connectivity index (χ2v) is 6.57. The van der Waals surface area contributed by atoms with Crippen LogP contribution in [0.3, 0.4) is 0 Å². The van der Waals surface area contributed by atoms with Gasteiger partial charge in [-0.05, 0) is 36.4 Å². The fraction of sp³-hybridized carbons (Fsp3) is 0.292. The number of carbonyl (C=O) groups is 2. The molecule has 2 aromatic carbocycles. The summed E-state index contributed by atoms with van der Waals surface area (Å²) in [4.78, 5) is 30.5. The summed E-state index contributed by atoms with van der Waals surface area (Å²) in [5.74, 6) is 0.224. The van der Waals surface area contributed by atoms with Gasteiger partial charge in [0.1, 0.15) is 17.3 Å². The van der Waals surface area contributed by atoms with E-state index in [0.717, 1.165) is 0 Å². The van der Waals surface area contributed by atoms with Crippen molar-refractivity contribution in [2.75, 3.05) is 33.3 Å². The molecule has 1 heterocycles. The van der Waals surface area contributed by atoms with Crippen molar-refractivity contribution >= 4 is 18.1 Å². The number of rotatable bonds is 9. The summed E-state index contributed by atoms with van der Waals surface area (Å²) in [5.41, 5.74) is 1.16. The number of hydrogen-bond acceptors (Lipinski definition) is 6. The molecule has 0 spiro atoms. The molecular formula is C24H29FN4O5. The number of benzene rings is 2. The predicted octanol–water partition coefficient (Wildman–Crippen LogP) is 3.59. The van der Waals surface area contributed by atoms with Crippen LogP contribution in [0.25, 0.3) is 5.69 Å². The molecule has 3 rings (SSSR count). The topological polar surface area (TPSA) is 94.9 Å². The maximum absolute atomic E-state index is 13.5. The van der Waals surface area contributed by atoms with Gasteiger partial charge >= 0.3 is 6.01 Å². The minimum absolute atomic E-state index is 0.0514. The fourth-order valence-electron chi connectivity index (χ4n) is 3.21.